The molecule has 1 rings (SSSR count). The number of rotatable bonds is 5. The Kier molecular flexibility index (Phi) is 5.78. The van der Waals surface area contributed by atoms with Gasteiger partial charge >= 0.3 is 18.1 Å². The fraction of sp³-hybridized carbons (Fsp3) is 0.429. The van der Waals surface area contributed by atoms with Gasteiger partial charge in [0.25, 0.3) is 0 Å². The second kappa shape index (κ2) is 7.15. The molecular formula is C14H17F3N2O3. The Morgan fingerprint density at radius 3 is 2.27 bits per heavy atom. The molecule has 0 aliphatic carbocycles. The van der Waals surface area contributed by atoms with Gasteiger partial charge in [0.15, 0.2) is 0 Å². The van der Waals surface area contributed by atoms with E-state index in [2.05, 4.69) is 4.74 Å². The summed E-state index contributed by atoms with van der Waals surface area (Å²) >= 11 is 0. The molecule has 5 nitrogen and oxygen atoms in total. The summed E-state index contributed by atoms with van der Waals surface area (Å²) in [7, 11) is 1.18. The van der Waals surface area contributed by atoms with Crippen LogP contribution in [0.15, 0.2) is 18.2 Å². The van der Waals surface area contributed by atoms with Crippen LogP contribution in [0.3, 0.4) is 0 Å². The number of halogens is 3. The smallest absolute Gasteiger partial charge is 0.465 e. The zero-order valence-corrected chi connectivity index (χ0v) is 12.5. The number of nitrogens with zero attached hydrogens (tertiary/aromatic N) is 1. The van der Waals surface area contributed by atoms with Crippen LogP contribution in [0.5, 0.6) is 0 Å². The van der Waals surface area contributed by atoms with Crippen molar-refractivity contribution in [1.82, 2.24) is 0 Å². The zero-order valence-electron chi connectivity index (χ0n) is 12.5. The van der Waals surface area contributed by atoms with Crippen LogP contribution in [0.4, 0.5) is 24.5 Å². The minimum absolute atomic E-state index is 0.0891. The highest BCUT2D eigenvalue weighted by Gasteiger charge is 2.38. The van der Waals surface area contributed by atoms with Gasteiger partial charge in [-0.25, -0.2) is 4.79 Å². The Labute approximate surface area is 126 Å². The second-order valence-corrected chi connectivity index (χ2v) is 4.35. The van der Waals surface area contributed by atoms with E-state index in [4.69, 9.17) is 0 Å². The molecule has 1 aromatic carbocycles. The lowest BCUT2D eigenvalue weighted by molar-refractivity contribution is -0.167. The monoisotopic (exact) mass is 318 g/mol. The maximum absolute atomic E-state index is 12.3. The molecule has 122 valence electrons. The van der Waals surface area contributed by atoms with Crippen LogP contribution < -0.4 is 10.2 Å². The lowest BCUT2D eigenvalue weighted by Crippen LogP contribution is -2.30. The third-order valence-corrected chi connectivity index (χ3v) is 3.02. The van der Waals surface area contributed by atoms with Gasteiger partial charge in [-0.1, -0.05) is 0 Å². The lowest BCUT2D eigenvalue weighted by Gasteiger charge is -2.24. The summed E-state index contributed by atoms with van der Waals surface area (Å²) in [6, 6.07) is 3.96. The van der Waals surface area contributed by atoms with E-state index in [1.807, 2.05) is 18.7 Å². The first kappa shape index (κ1) is 17.8. The number of benzene rings is 1. The molecule has 0 radical (unpaired) electrons. The number of methoxy groups -OCH3 is 1. The van der Waals surface area contributed by atoms with Crippen molar-refractivity contribution >= 4 is 23.3 Å². The largest absolute Gasteiger partial charge is 0.471 e. The number of esters is 1. The molecule has 1 aromatic rings. The van der Waals surface area contributed by atoms with Crippen molar-refractivity contribution in [3.05, 3.63) is 23.8 Å². The molecule has 0 aliphatic heterocycles. The summed E-state index contributed by atoms with van der Waals surface area (Å²) < 4.78 is 41.4. The number of alkyl halides is 3. The Morgan fingerprint density at radius 2 is 1.82 bits per heavy atom. The Balaban J connectivity index is 3.20. The van der Waals surface area contributed by atoms with Crippen LogP contribution in [-0.2, 0) is 9.53 Å². The molecule has 0 aromatic heterocycles. The van der Waals surface area contributed by atoms with Gasteiger partial charge in [-0.05, 0) is 32.0 Å². The molecule has 0 fully saturated rings. The fourth-order valence-electron chi connectivity index (χ4n) is 1.93. The van der Waals surface area contributed by atoms with Crippen molar-refractivity contribution in [2.45, 2.75) is 20.0 Å². The van der Waals surface area contributed by atoms with Crippen LogP contribution in [0.1, 0.15) is 24.2 Å². The number of ether oxygens (including phenoxy) is 1. The number of nitrogens with one attached hydrogen (secondary N) is 1. The molecular weight excluding hydrogens is 301 g/mol. The van der Waals surface area contributed by atoms with E-state index in [1.54, 1.807) is 5.32 Å². The van der Waals surface area contributed by atoms with Gasteiger partial charge in [-0.3, -0.25) is 4.79 Å². The molecule has 0 aliphatic rings. The molecule has 0 saturated carbocycles. The molecule has 0 heterocycles. The summed E-state index contributed by atoms with van der Waals surface area (Å²) in [4.78, 5) is 24.6. The summed E-state index contributed by atoms with van der Waals surface area (Å²) in [5.74, 6) is -2.79. The van der Waals surface area contributed by atoms with Gasteiger partial charge in [0.1, 0.15) is 0 Å². The van der Waals surface area contributed by atoms with Gasteiger partial charge in [-0.15, -0.1) is 0 Å². The van der Waals surface area contributed by atoms with Gasteiger partial charge < -0.3 is 15.0 Å². The van der Waals surface area contributed by atoms with Crippen molar-refractivity contribution in [3.63, 3.8) is 0 Å². The molecule has 0 unspecified atom stereocenters. The molecule has 1 amide bonds. The zero-order chi connectivity index (χ0) is 16.9. The summed E-state index contributed by atoms with van der Waals surface area (Å²) in [6.45, 7) is 4.97. The molecule has 0 bridgehead atoms. The van der Waals surface area contributed by atoms with Crippen molar-refractivity contribution < 1.29 is 27.5 Å². The molecule has 1 N–H and O–H groups in total. The molecule has 8 heteroatoms. The average molecular weight is 318 g/mol. The second-order valence-electron chi connectivity index (χ2n) is 4.35. The first-order valence-electron chi connectivity index (χ1n) is 6.60. The van der Waals surface area contributed by atoms with Gasteiger partial charge in [0, 0.05) is 18.8 Å². The number of anilines is 2. The topological polar surface area (TPSA) is 58.6 Å². The Morgan fingerprint density at radius 1 is 1.23 bits per heavy atom. The first-order chi connectivity index (χ1) is 10.2. The normalized spacial score (nSPS) is 11.0. The van der Waals surface area contributed by atoms with Crippen molar-refractivity contribution in [3.8, 4) is 0 Å². The van der Waals surface area contributed by atoms with Crippen LogP contribution in [0, 0.1) is 0 Å². The molecule has 0 saturated heterocycles. The summed E-state index contributed by atoms with van der Waals surface area (Å²) in [5.41, 5.74) is 0.492. The van der Waals surface area contributed by atoms with Crippen molar-refractivity contribution in [2.75, 3.05) is 30.4 Å². The minimum atomic E-state index is -5.00. The standard InChI is InChI=1S/C14H17F3N2O3/c1-4-19(5-2)11-7-6-9(8-10(11)12(20)22-3)18-13(21)14(15,16)17/h6-8H,4-5H2,1-3H3,(H,18,21). The van der Waals surface area contributed by atoms with Gasteiger partial charge in [0.2, 0.25) is 0 Å². The Bertz CT molecular complexity index is 555. The van der Waals surface area contributed by atoms with Gasteiger partial charge in [0.05, 0.1) is 18.4 Å². The number of hydrogen-bond donors (Lipinski definition) is 1. The van der Waals surface area contributed by atoms with Gasteiger partial charge in [-0.2, -0.15) is 13.2 Å². The minimum Gasteiger partial charge on any atom is -0.465 e. The number of hydrogen-bond acceptors (Lipinski definition) is 4. The number of amides is 1. The highest BCUT2D eigenvalue weighted by atomic mass is 19.4. The molecule has 22 heavy (non-hydrogen) atoms. The van der Waals surface area contributed by atoms with E-state index in [0.29, 0.717) is 18.8 Å². The van der Waals surface area contributed by atoms with Crippen molar-refractivity contribution in [2.24, 2.45) is 0 Å². The predicted molar refractivity (Wildman–Crippen MR) is 76.0 cm³/mol. The molecule has 0 spiro atoms. The summed E-state index contributed by atoms with van der Waals surface area (Å²) in [6.07, 6.45) is -5.00. The van der Waals surface area contributed by atoms with E-state index >= 15 is 0 Å². The highest BCUT2D eigenvalue weighted by molar-refractivity contribution is 6.00. The van der Waals surface area contributed by atoms with Crippen LogP contribution in [-0.4, -0.2) is 38.3 Å². The Hall–Kier alpha value is -2.25. The van der Waals surface area contributed by atoms with E-state index in [9.17, 15) is 22.8 Å². The number of carbonyl (C=O) groups is 2. The van der Waals surface area contributed by atoms with E-state index in [-0.39, 0.29) is 11.3 Å². The van der Waals surface area contributed by atoms with Crippen LogP contribution >= 0.6 is 0 Å². The maximum atomic E-state index is 12.3. The molecule has 0 atom stereocenters. The van der Waals surface area contributed by atoms with E-state index in [0.717, 1.165) is 0 Å². The predicted octanol–water partition coefficient (Wildman–Crippen LogP) is 2.82. The van der Waals surface area contributed by atoms with E-state index < -0.39 is 18.1 Å². The average Bonchev–Trinajstić information content (AvgIpc) is 2.47. The fourth-order valence-corrected chi connectivity index (χ4v) is 1.93. The van der Waals surface area contributed by atoms with Crippen LogP contribution in [0.2, 0.25) is 0 Å². The first-order valence-corrected chi connectivity index (χ1v) is 6.60. The highest BCUT2D eigenvalue weighted by Crippen LogP contribution is 2.26. The van der Waals surface area contributed by atoms with Crippen molar-refractivity contribution in [1.29, 1.82) is 0 Å². The maximum Gasteiger partial charge on any atom is 0.471 e. The SMILES string of the molecule is CCN(CC)c1ccc(NC(=O)C(F)(F)F)cc1C(=O)OC. The van der Waals surface area contributed by atoms with E-state index in [1.165, 1.54) is 25.3 Å². The third-order valence-electron chi connectivity index (χ3n) is 3.02. The number of carbonyl (C=O) groups excluding carboxylic acids is 2. The quantitative estimate of drug-likeness (QED) is 0.848. The summed E-state index contributed by atoms with van der Waals surface area (Å²) in [5, 5.41) is 1.71. The lowest BCUT2D eigenvalue weighted by atomic mass is 10.1. The van der Waals surface area contributed by atoms with Crippen LogP contribution in [0.25, 0.3) is 0 Å². The third kappa shape index (κ3) is 4.12.